The highest BCUT2D eigenvalue weighted by molar-refractivity contribution is 6.99. The molecular weight excluding hydrogens is 589 g/mol. The Bertz CT molecular complexity index is 1710. The average Bonchev–Trinajstić information content (AvgIpc) is 3.58. The molecule has 0 radical (unpaired) electrons. The number of aliphatic hydroxyl groups is 2. The molecule has 1 aliphatic heterocycles. The van der Waals surface area contributed by atoms with E-state index in [0.717, 1.165) is 15.9 Å². The first kappa shape index (κ1) is 31.0. The first-order chi connectivity index (χ1) is 21.6. The Labute approximate surface area is 263 Å². The Kier molecular flexibility index (Phi) is 8.55. The largest absolute Gasteiger partial charge is 0.405 e. The minimum atomic E-state index is -2.90. The molecule has 0 spiro atoms. The number of ether oxygens (including phenoxy) is 1. The Morgan fingerprint density at radius 2 is 1.58 bits per heavy atom. The number of rotatable bonds is 9. The molecule has 11 heteroatoms. The summed E-state index contributed by atoms with van der Waals surface area (Å²) in [6, 6.07) is 26.9. The molecule has 3 aromatic carbocycles. The van der Waals surface area contributed by atoms with Gasteiger partial charge in [-0.3, -0.25) is 4.57 Å². The van der Waals surface area contributed by atoms with Crippen LogP contribution in [0.5, 0.6) is 0 Å². The van der Waals surface area contributed by atoms with Crippen LogP contribution in [0.1, 0.15) is 32.6 Å². The maximum absolute atomic E-state index is 13.8. The lowest BCUT2D eigenvalue weighted by atomic mass is 10.1. The monoisotopic (exact) mass is 627 g/mol. The minimum Gasteiger partial charge on any atom is -0.405 e. The van der Waals surface area contributed by atoms with E-state index in [1.54, 1.807) is 10.6 Å². The van der Waals surface area contributed by atoms with Crippen molar-refractivity contribution in [2.45, 2.75) is 56.9 Å². The van der Waals surface area contributed by atoms with Crippen molar-refractivity contribution < 1.29 is 23.8 Å². The van der Waals surface area contributed by atoms with Crippen LogP contribution in [0.15, 0.2) is 97.6 Å². The quantitative estimate of drug-likeness (QED) is 0.238. The molecule has 2 N–H and O–H groups in total. The van der Waals surface area contributed by atoms with Crippen LogP contribution in [0, 0.1) is 5.82 Å². The van der Waals surface area contributed by atoms with Crippen molar-refractivity contribution in [1.29, 1.82) is 0 Å². The van der Waals surface area contributed by atoms with Gasteiger partial charge in [0.25, 0.3) is 8.32 Å². The molecule has 5 aromatic rings. The Balaban J connectivity index is 1.27. The third-order valence-corrected chi connectivity index (χ3v) is 13.5. The lowest BCUT2D eigenvalue weighted by Gasteiger charge is -2.43. The van der Waals surface area contributed by atoms with Gasteiger partial charge in [0.1, 0.15) is 30.5 Å². The number of halogens is 1. The topological polar surface area (TPSA) is 106 Å². The number of anilines is 1. The third kappa shape index (κ3) is 5.77. The standard InChI is InChI=1S/C34H38FN5O4Si/c1-34(2,3)45(25-14-7-5-8-15-25,26-16-9-6-10-17-26)43-20-27-29(41)30(42)33(44-27)40-22-38-28-31(36-21-37-32(28)40)39(4)19-23-12-11-13-24(35)18-23/h5-18,21-22,27,29-30,33,41-42H,19-20H2,1-4H3/t27-,29-,30-,33-/m1/s1. The highest BCUT2D eigenvalue weighted by Gasteiger charge is 2.52. The molecule has 45 heavy (non-hydrogen) atoms. The van der Waals surface area contributed by atoms with Crippen LogP contribution in [0.3, 0.4) is 0 Å². The third-order valence-electron chi connectivity index (χ3n) is 8.50. The molecule has 2 aromatic heterocycles. The first-order valence-corrected chi connectivity index (χ1v) is 16.9. The van der Waals surface area contributed by atoms with Crippen molar-refractivity contribution in [3.8, 4) is 0 Å². The molecule has 1 saturated heterocycles. The maximum atomic E-state index is 13.8. The van der Waals surface area contributed by atoms with Crippen LogP contribution in [-0.2, 0) is 15.7 Å². The van der Waals surface area contributed by atoms with Crippen LogP contribution in [-0.4, -0.2) is 70.0 Å². The molecule has 1 aliphatic rings. The van der Waals surface area contributed by atoms with Crippen molar-refractivity contribution in [2.24, 2.45) is 0 Å². The molecule has 0 bridgehead atoms. The van der Waals surface area contributed by atoms with E-state index >= 15 is 0 Å². The van der Waals surface area contributed by atoms with E-state index in [4.69, 9.17) is 9.16 Å². The predicted molar refractivity (Wildman–Crippen MR) is 173 cm³/mol. The molecular formula is C34H38FN5O4Si. The number of nitrogens with zero attached hydrogens (tertiary/aromatic N) is 5. The van der Waals surface area contributed by atoms with Crippen LogP contribution in [0.25, 0.3) is 11.2 Å². The normalized spacial score (nSPS) is 20.5. The fourth-order valence-electron chi connectivity index (χ4n) is 6.35. The smallest absolute Gasteiger partial charge is 0.261 e. The van der Waals surface area contributed by atoms with E-state index in [2.05, 4.69) is 60.0 Å². The van der Waals surface area contributed by atoms with Gasteiger partial charge in [-0.2, -0.15) is 0 Å². The Morgan fingerprint density at radius 1 is 0.911 bits per heavy atom. The van der Waals surface area contributed by atoms with Gasteiger partial charge in [-0.1, -0.05) is 93.6 Å². The number of fused-ring (bicyclic) bond motifs is 1. The zero-order valence-electron chi connectivity index (χ0n) is 25.8. The fourth-order valence-corrected chi connectivity index (χ4v) is 10.9. The summed E-state index contributed by atoms with van der Waals surface area (Å²) < 4.78 is 28.7. The zero-order valence-corrected chi connectivity index (χ0v) is 26.8. The summed E-state index contributed by atoms with van der Waals surface area (Å²) in [5.41, 5.74) is 1.72. The highest BCUT2D eigenvalue weighted by atomic mass is 28.4. The van der Waals surface area contributed by atoms with Gasteiger partial charge in [0.2, 0.25) is 0 Å². The summed E-state index contributed by atoms with van der Waals surface area (Å²) in [7, 11) is -1.06. The van der Waals surface area contributed by atoms with E-state index in [1.807, 2.05) is 54.4 Å². The number of benzene rings is 3. The molecule has 234 valence electrons. The van der Waals surface area contributed by atoms with Gasteiger partial charge in [-0.15, -0.1) is 0 Å². The van der Waals surface area contributed by atoms with Gasteiger partial charge >= 0.3 is 0 Å². The van der Waals surface area contributed by atoms with Gasteiger partial charge in [-0.25, -0.2) is 19.3 Å². The number of imidazole rings is 1. The van der Waals surface area contributed by atoms with Gasteiger partial charge in [-0.05, 0) is 33.1 Å². The van der Waals surface area contributed by atoms with Crippen molar-refractivity contribution in [1.82, 2.24) is 19.5 Å². The summed E-state index contributed by atoms with van der Waals surface area (Å²) in [6.45, 7) is 7.03. The van der Waals surface area contributed by atoms with E-state index in [9.17, 15) is 14.6 Å². The maximum Gasteiger partial charge on any atom is 0.261 e. The summed E-state index contributed by atoms with van der Waals surface area (Å²) in [5.74, 6) is 0.236. The highest BCUT2D eigenvalue weighted by Crippen LogP contribution is 2.39. The molecule has 9 nitrogen and oxygen atoms in total. The first-order valence-electron chi connectivity index (χ1n) is 15.0. The molecule has 1 fully saturated rings. The van der Waals surface area contributed by atoms with Crippen molar-refractivity contribution >= 4 is 35.7 Å². The van der Waals surface area contributed by atoms with Gasteiger partial charge in [0.05, 0.1) is 12.9 Å². The Morgan fingerprint density at radius 3 is 2.20 bits per heavy atom. The lowest BCUT2D eigenvalue weighted by Crippen LogP contribution is -2.67. The molecule has 6 rings (SSSR count). The summed E-state index contributed by atoms with van der Waals surface area (Å²) in [4.78, 5) is 15.3. The SMILES string of the molecule is CN(Cc1cccc(F)c1)c1ncnc2c1ncn2[C@@H]1O[C@H](CO[Si](c2ccccc2)(c2ccccc2)C(C)(C)C)[C@@H](O)[C@H]1O. The molecule has 3 heterocycles. The lowest BCUT2D eigenvalue weighted by molar-refractivity contribution is -0.0486. The van der Waals surface area contributed by atoms with Gasteiger partial charge in [0.15, 0.2) is 23.2 Å². The number of aliphatic hydroxyl groups excluding tert-OH is 2. The molecule has 4 atom stereocenters. The van der Waals surface area contributed by atoms with E-state index in [1.165, 1.54) is 24.8 Å². The second-order valence-electron chi connectivity index (χ2n) is 12.5. The van der Waals surface area contributed by atoms with Crippen LogP contribution < -0.4 is 15.3 Å². The summed E-state index contributed by atoms with van der Waals surface area (Å²) >= 11 is 0. The van der Waals surface area contributed by atoms with Crippen LogP contribution in [0.4, 0.5) is 10.2 Å². The number of aromatic nitrogens is 4. The summed E-state index contributed by atoms with van der Waals surface area (Å²) in [6.07, 6.45) is -1.26. The second kappa shape index (κ2) is 12.4. The van der Waals surface area contributed by atoms with Crippen molar-refractivity contribution in [3.05, 3.63) is 109 Å². The fraction of sp³-hybridized carbons (Fsp3) is 0.324. The molecule has 0 amide bonds. The van der Waals surface area contributed by atoms with E-state index < -0.39 is 32.9 Å². The minimum absolute atomic E-state index is 0.0746. The Hall–Kier alpha value is -4.00. The zero-order chi connectivity index (χ0) is 31.8. The van der Waals surface area contributed by atoms with E-state index in [-0.39, 0.29) is 17.5 Å². The van der Waals surface area contributed by atoms with Crippen molar-refractivity contribution in [3.63, 3.8) is 0 Å². The van der Waals surface area contributed by atoms with Crippen LogP contribution in [0.2, 0.25) is 5.04 Å². The van der Waals surface area contributed by atoms with Gasteiger partial charge in [0, 0.05) is 13.6 Å². The average molecular weight is 628 g/mol. The van der Waals surface area contributed by atoms with Crippen molar-refractivity contribution in [2.75, 3.05) is 18.6 Å². The summed E-state index contributed by atoms with van der Waals surface area (Å²) in [5, 5.41) is 24.4. The number of hydrogen-bond acceptors (Lipinski definition) is 8. The van der Waals surface area contributed by atoms with Crippen LogP contribution >= 0.6 is 0 Å². The van der Waals surface area contributed by atoms with E-state index in [0.29, 0.717) is 23.5 Å². The second-order valence-corrected chi connectivity index (χ2v) is 16.8. The van der Waals surface area contributed by atoms with Gasteiger partial charge < -0.3 is 24.3 Å². The molecule has 0 unspecified atom stereocenters. The molecule has 0 aliphatic carbocycles. The number of hydrogen-bond donors (Lipinski definition) is 2. The predicted octanol–water partition coefficient (Wildman–Crippen LogP) is 3.80. The molecule has 0 saturated carbocycles.